The van der Waals surface area contributed by atoms with Crippen LogP contribution in [0.4, 0.5) is 19.3 Å². The van der Waals surface area contributed by atoms with Crippen molar-refractivity contribution in [1.82, 2.24) is 9.88 Å². The molecule has 0 spiro atoms. The van der Waals surface area contributed by atoms with Gasteiger partial charge in [0.2, 0.25) is 0 Å². The second-order valence-electron chi connectivity index (χ2n) is 6.21. The molecule has 0 bridgehead atoms. The monoisotopic (exact) mass is 393 g/mol. The van der Waals surface area contributed by atoms with Gasteiger partial charge in [-0.25, -0.2) is 18.5 Å². The summed E-state index contributed by atoms with van der Waals surface area (Å²) in [6.45, 7) is 0. The Bertz CT molecular complexity index is 1150. The van der Waals surface area contributed by atoms with Gasteiger partial charge in [-0.15, -0.1) is 0 Å². The SMILES string of the molecule is O=C1NC(=O)N(c2ccc(F)cc2)C(=O)/C1=C/c1cccn1-c1ccc(F)cc1. The predicted molar refractivity (Wildman–Crippen MR) is 101 cm³/mol. The number of hydrogen-bond acceptors (Lipinski definition) is 3. The van der Waals surface area contributed by atoms with Crippen molar-refractivity contribution in [2.45, 2.75) is 0 Å². The van der Waals surface area contributed by atoms with Crippen LogP contribution in [0.3, 0.4) is 0 Å². The summed E-state index contributed by atoms with van der Waals surface area (Å²) in [5.41, 5.74) is 0.958. The van der Waals surface area contributed by atoms with E-state index in [2.05, 4.69) is 5.32 Å². The van der Waals surface area contributed by atoms with Crippen LogP contribution in [0.15, 0.2) is 72.4 Å². The van der Waals surface area contributed by atoms with Crippen LogP contribution in [-0.4, -0.2) is 22.4 Å². The van der Waals surface area contributed by atoms with Crippen molar-refractivity contribution in [1.29, 1.82) is 0 Å². The number of barbiturate groups is 1. The van der Waals surface area contributed by atoms with Gasteiger partial charge in [0.05, 0.1) is 5.69 Å². The summed E-state index contributed by atoms with van der Waals surface area (Å²) in [5, 5.41) is 2.11. The molecule has 0 unspecified atom stereocenters. The highest BCUT2D eigenvalue weighted by molar-refractivity contribution is 6.39. The molecule has 4 rings (SSSR count). The van der Waals surface area contributed by atoms with Crippen LogP contribution >= 0.6 is 0 Å². The Labute approximate surface area is 163 Å². The lowest BCUT2D eigenvalue weighted by molar-refractivity contribution is -0.122. The third-order valence-electron chi connectivity index (χ3n) is 4.36. The Morgan fingerprint density at radius 2 is 1.38 bits per heavy atom. The predicted octanol–water partition coefficient (Wildman–Crippen LogP) is 3.42. The number of nitrogens with one attached hydrogen (secondary N) is 1. The molecule has 0 radical (unpaired) electrons. The van der Waals surface area contributed by atoms with Crippen LogP contribution in [0.1, 0.15) is 5.69 Å². The number of rotatable bonds is 3. The molecular formula is C21H13F2N3O3. The van der Waals surface area contributed by atoms with Crippen LogP contribution in [0.2, 0.25) is 0 Å². The van der Waals surface area contributed by atoms with E-state index in [1.807, 2.05) is 0 Å². The summed E-state index contributed by atoms with van der Waals surface area (Å²) in [5.74, 6) is -2.60. The lowest BCUT2D eigenvalue weighted by Gasteiger charge is -2.26. The van der Waals surface area contributed by atoms with Crippen molar-refractivity contribution >= 4 is 29.6 Å². The Morgan fingerprint density at radius 1 is 0.793 bits per heavy atom. The number of urea groups is 1. The maximum absolute atomic E-state index is 13.2. The van der Waals surface area contributed by atoms with Gasteiger partial charge in [-0.3, -0.25) is 14.9 Å². The minimum Gasteiger partial charge on any atom is -0.317 e. The second-order valence-corrected chi connectivity index (χ2v) is 6.21. The standard InChI is InChI=1S/C21H13F2N3O3/c22-13-3-7-15(8-4-13)25-11-1-2-17(25)12-18-19(27)24-21(29)26(20(18)28)16-9-5-14(23)6-10-16/h1-12H,(H,24,27,29)/b18-12+. The topological polar surface area (TPSA) is 71.4 Å². The molecule has 6 nitrogen and oxygen atoms in total. The van der Waals surface area contributed by atoms with E-state index < -0.39 is 29.5 Å². The molecule has 1 aliphatic heterocycles. The first-order valence-corrected chi connectivity index (χ1v) is 8.54. The number of benzene rings is 2. The molecule has 1 aliphatic rings. The first-order valence-electron chi connectivity index (χ1n) is 8.54. The molecule has 0 atom stereocenters. The fourth-order valence-electron chi connectivity index (χ4n) is 2.98. The molecule has 0 aliphatic carbocycles. The summed E-state index contributed by atoms with van der Waals surface area (Å²) in [6, 6.07) is 12.9. The fourth-order valence-corrected chi connectivity index (χ4v) is 2.98. The highest BCUT2D eigenvalue weighted by atomic mass is 19.1. The summed E-state index contributed by atoms with van der Waals surface area (Å²) < 4.78 is 28.0. The summed E-state index contributed by atoms with van der Waals surface area (Å²) in [4.78, 5) is 38.1. The zero-order valence-electron chi connectivity index (χ0n) is 14.8. The smallest absolute Gasteiger partial charge is 0.317 e. The number of amides is 4. The quantitative estimate of drug-likeness (QED) is 0.548. The van der Waals surface area contributed by atoms with Gasteiger partial charge >= 0.3 is 6.03 Å². The fraction of sp³-hybridized carbons (Fsp3) is 0. The van der Waals surface area contributed by atoms with Gasteiger partial charge in [-0.05, 0) is 66.7 Å². The average Bonchev–Trinajstić information content (AvgIpc) is 3.15. The van der Waals surface area contributed by atoms with Crippen molar-refractivity contribution in [3.8, 4) is 5.69 Å². The number of halogens is 2. The Hall–Kier alpha value is -4.07. The lowest BCUT2D eigenvalue weighted by atomic mass is 10.1. The third-order valence-corrected chi connectivity index (χ3v) is 4.36. The highest BCUT2D eigenvalue weighted by Gasteiger charge is 2.37. The zero-order valence-corrected chi connectivity index (χ0v) is 14.8. The van der Waals surface area contributed by atoms with Gasteiger partial charge in [0.1, 0.15) is 17.2 Å². The molecule has 1 N–H and O–H groups in total. The molecule has 1 saturated heterocycles. The first kappa shape index (κ1) is 18.3. The second kappa shape index (κ2) is 7.16. The number of imide groups is 2. The third kappa shape index (κ3) is 3.43. The van der Waals surface area contributed by atoms with E-state index in [1.54, 1.807) is 35.0 Å². The van der Waals surface area contributed by atoms with Crippen LogP contribution in [0.25, 0.3) is 11.8 Å². The number of aromatic nitrogens is 1. The molecule has 4 amide bonds. The summed E-state index contributed by atoms with van der Waals surface area (Å²) in [6.07, 6.45) is 3.03. The normalized spacial score (nSPS) is 15.7. The van der Waals surface area contributed by atoms with E-state index in [0.717, 1.165) is 17.0 Å². The van der Waals surface area contributed by atoms with Crippen LogP contribution in [-0.2, 0) is 9.59 Å². The molecule has 144 valence electrons. The van der Waals surface area contributed by atoms with Crippen molar-refractivity contribution in [3.63, 3.8) is 0 Å². The van der Waals surface area contributed by atoms with Crippen molar-refractivity contribution in [2.75, 3.05) is 4.90 Å². The van der Waals surface area contributed by atoms with E-state index in [4.69, 9.17) is 0 Å². The molecule has 1 aromatic heterocycles. The van der Waals surface area contributed by atoms with Crippen molar-refractivity contribution < 1.29 is 23.2 Å². The average molecular weight is 393 g/mol. The van der Waals surface area contributed by atoms with E-state index in [0.29, 0.717) is 11.4 Å². The summed E-state index contributed by atoms with van der Waals surface area (Å²) >= 11 is 0. The van der Waals surface area contributed by atoms with Gasteiger partial charge in [0.25, 0.3) is 11.8 Å². The van der Waals surface area contributed by atoms with E-state index in [-0.39, 0.29) is 11.3 Å². The Morgan fingerprint density at radius 3 is 2.00 bits per heavy atom. The van der Waals surface area contributed by atoms with Crippen LogP contribution in [0, 0.1) is 11.6 Å². The number of nitrogens with zero attached hydrogens (tertiary/aromatic N) is 2. The minimum absolute atomic E-state index is 0.126. The van der Waals surface area contributed by atoms with E-state index >= 15 is 0 Å². The Balaban J connectivity index is 1.73. The van der Waals surface area contributed by atoms with Crippen LogP contribution in [0.5, 0.6) is 0 Å². The van der Waals surface area contributed by atoms with Gasteiger partial charge < -0.3 is 4.57 Å². The first-order chi connectivity index (χ1) is 13.9. The molecule has 2 aromatic carbocycles. The van der Waals surface area contributed by atoms with E-state index in [1.165, 1.54) is 30.3 Å². The van der Waals surface area contributed by atoms with Crippen LogP contribution < -0.4 is 10.2 Å². The van der Waals surface area contributed by atoms with Gasteiger partial charge in [0, 0.05) is 17.6 Å². The maximum Gasteiger partial charge on any atom is 0.335 e. The number of carbonyl (C=O) groups is 3. The van der Waals surface area contributed by atoms with Crippen molar-refractivity contribution in [2.24, 2.45) is 0 Å². The summed E-state index contributed by atoms with van der Waals surface area (Å²) in [7, 11) is 0. The number of hydrogen-bond donors (Lipinski definition) is 1. The zero-order chi connectivity index (χ0) is 20.5. The number of anilines is 1. The molecular weight excluding hydrogens is 380 g/mol. The largest absolute Gasteiger partial charge is 0.335 e. The highest BCUT2D eigenvalue weighted by Crippen LogP contribution is 2.23. The molecule has 8 heteroatoms. The molecule has 1 fully saturated rings. The van der Waals surface area contributed by atoms with Gasteiger partial charge in [-0.2, -0.15) is 0 Å². The van der Waals surface area contributed by atoms with Gasteiger partial charge in [0.15, 0.2) is 0 Å². The minimum atomic E-state index is -0.919. The molecule has 2 heterocycles. The lowest BCUT2D eigenvalue weighted by Crippen LogP contribution is -2.54. The van der Waals surface area contributed by atoms with Gasteiger partial charge in [-0.1, -0.05) is 0 Å². The Kier molecular flexibility index (Phi) is 4.52. The van der Waals surface area contributed by atoms with E-state index in [9.17, 15) is 23.2 Å². The molecule has 0 saturated carbocycles. The molecule has 3 aromatic rings. The van der Waals surface area contributed by atoms with Crippen molar-refractivity contribution in [3.05, 3.63) is 89.8 Å². The molecule has 29 heavy (non-hydrogen) atoms. The maximum atomic E-state index is 13.2. The number of carbonyl (C=O) groups excluding carboxylic acids is 3.